The van der Waals surface area contributed by atoms with E-state index in [9.17, 15) is 0 Å². The van der Waals surface area contributed by atoms with Crippen molar-refractivity contribution < 1.29 is 0 Å². The molecule has 0 bridgehead atoms. The second-order valence-corrected chi connectivity index (χ2v) is 11.9. The van der Waals surface area contributed by atoms with Crippen LogP contribution in [0.1, 0.15) is 155 Å². The number of rotatable bonds is 12. The van der Waals surface area contributed by atoms with Gasteiger partial charge in [0.1, 0.15) is 0 Å². The molecule has 30 heavy (non-hydrogen) atoms. The maximum atomic E-state index is 2.34. The molecule has 3 saturated carbocycles. The fourth-order valence-corrected chi connectivity index (χ4v) is 7.78. The molecule has 0 aromatic rings. The summed E-state index contributed by atoms with van der Waals surface area (Å²) in [6.45, 7) is 4.68. The van der Waals surface area contributed by atoms with Crippen molar-refractivity contribution in [1.29, 1.82) is 0 Å². The van der Waals surface area contributed by atoms with Crippen molar-refractivity contribution in [2.75, 3.05) is 0 Å². The van der Waals surface area contributed by atoms with E-state index in [2.05, 4.69) is 13.8 Å². The van der Waals surface area contributed by atoms with E-state index in [0.29, 0.717) is 0 Å². The molecule has 0 aliphatic heterocycles. The van der Waals surface area contributed by atoms with Gasteiger partial charge in [-0.1, -0.05) is 110 Å². The van der Waals surface area contributed by atoms with Crippen LogP contribution in [0.3, 0.4) is 0 Å². The minimum absolute atomic E-state index is 1.09. The third kappa shape index (κ3) is 8.16. The van der Waals surface area contributed by atoms with Crippen molar-refractivity contribution in [2.24, 2.45) is 35.5 Å². The average molecular weight is 417 g/mol. The maximum absolute atomic E-state index is 2.34. The van der Waals surface area contributed by atoms with Crippen LogP contribution in [-0.2, 0) is 0 Å². The Balaban J connectivity index is 1.30. The van der Waals surface area contributed by atoms with Gasteiger partial charge < -0.3 is 0 Å². The lowest BCUT2D eigenvalue weighted by molar-refractivity contribution is 0.0980. The zero-order valence-corrected chi connectivity index (χ0v) is 21.0. The van der Waals surface area contributed by atoms with Crippen LogP contribution >= 0.6 is 0 Å². The topological polar surface area (TPSA) is 0 Å². The predicted molar refractivity (Wildman–Crippen MR) is 134 cm³/mol. The fraction of sp³-hybridized carbons (Fsp3) is 1.00. The summed E-state index contributed by atoms with van der Waals surface area (Å²) in [4.78, 5) is 0. The van der Waals surface area contributed by atoms with Crippen LogP contribution in [0.5, 0.6) is 0 Å². The van der Waals surface area contributed by atoms with E-state index in [0.717, 1.165) is 35.5 Å². The second kappa shape index (κ2) is 14.2. The van der Waals surface area contributed by atoms with Crippen LogP contribution in [-0.4, -0.2) is 0 Å². The highest BCUT2D eigenvalue weighted by Gasteiger charge is 2.34. The van der Waals surface area contributed by atoms with Crippen LogP contribution < -0.4 is 0 Å². The highest BCUT2D eigenvalue weighted by atomic mass is 14.4. The summed E-state index contributed by atoms with van der Waals surface area (Å²) in [5.41, 5.74) is 0. The minimum Gasteiger partial charge on any atom is -0.0654 e. The third-order valence-corrected chi connectivity index (χ3v) is 9.80. The van der Waals surface area contributed by atoms with Crippen molar-refractivity contribution in [1.82, 2.24) is 0 Å². The summed E-state index contributed by atoms with van der Waals surface area (Å²) < 4.78 is 0. The zero-order valence-electron chi connectivity index (χ0n) is 21.0. The molecule has 0 radical (unpaired) electrons. The van der Waals surface area contributed by atoms with E-state index in [4.69, 9.17) is 0 Å². The number of unbranched alkanes of at least 4 members (excludes halogenated alkanes) is 6. The molecule has 0 amide bonds. The Morgan fingerprint density at radius 1 is 0.433 bits per heavy atom. The molecule has 0 saturated heterocycles. The molecule has 0 aromatic carbocycles. The number of hydrogen-bond acceptors (Lipinski definition) is 0. The first-order chi connectivity index (χ1) is 14.8. The minimum atomic E-state index is 1.09. The van der Waals surface area contributed by atoms with Gasteiger partial charge in [-0.2, -0.15) is 0 Å². The Morgan fingerprint density at radius 2 is 0.933 bits per heavy atom. The standard InChI is InChI=1S/C30H56/c1-3-5-7-8-10-13-26-14-11-15-30(24-26)29-22-20-28(21-23-29)27-18-16-25(17-19-27)12-9-6-4-2/h25-30H,3-24H2,1-2H3/t25-,26-,27-,28?,29?,30+/m0/s1. The molecule has 2 atom stereocenters. The first-order valence-corrected chi connectivity index (χ1v) is 14.8. The van der Waals surface area contributed by atoms with Crippen molar-refractivity contribution in [3.63, 3.8) is 0 Å². The van der Waals surface area contributed by atoms with E-state index in [-0.39, 0.29) is 0 Å². The Labute approximate surface area is 190 Å². The van der Waals surface area contributed by atoms with Crippen molar-refractivity contribution in [3.8, 4) is 0 Å². The Kier molecular flexibility index (Phi) is 11.7. The Hall–Kier alpha value is 0. The average Bonchev–Trinajstić information content (AvgIpc) is 2.80. The molecular formula is C30H56. The molecule has 176 valence electrons. The lowest BCUT2D eigenvalue weighted by atomic mass is 9.64. The summed E-state index contributed by atoms with van der Waals surface area (Å²) >= 11 is 0. The van der Waals surface area contributed by atoms with E-state index in [1.54, 1.807) is 83.5 Å². The van der Waals surface area contributed by atoms with Gasteiger partial charge in [0.2, 0.25) is 0 Å². The molecule has 0 unspecified atom stereocenters. The third-order valence-electron chi connectivity index (χ3n) is 9.80. The van der Waals surface area contributed by atoms with Gasteiger partial charge in [0, 0.05) is 0 Å². The molecule has 0 heterocycles. The lowest BCUT2D eigenvalue weighted by Gasteiger charge is -2.41. The molecule has 0 spiro atoms. The second-order valence-electron chi connectivity index (χ2n) is 11.9. The first kappa shape index (κ1) is 24.6. The predicted octanol–water partition coefficient (Wildman–Crippen LogP) is 10.3. The van der Waals surface area contributed by atoms with Gasteiger partial charge in [-0.25, -0.2) is 0 Å². The highest BCUT2D eigenvalue weighted by molar-refractivity contribution is 4.86. The van der Waals surface area contributed by atoms with Gasteiger partial charge in [-0.05, 0) is 80.5 Å². The zero-order chi connectivity index (χ0) is 21.0. The molecule has 0 N–H and O–H groups in total. The van der Waals surface area contributed by atoms with E-state index >= 15 is 0 Å². The monoisotopic (exact) mass is 416 g/mol. The summed E-state index contributed by atoms with van der Waals surface area (Å²) in [7, 11) is 0. The molecule has 0 heteroatoms. The Bertz CT molecular complexity index is 410. The fourth-order valence-electron chi connectivity index (χ4n) is 7.78. The quantitative estimate of drug-likeness (QED) is 0.277. The molecule has 3 rings (SSSR count). The van der Waals surface area contributed by atoms with Crippen molar-refractivity contribution in [2.45, 2.75) is 155 Å². The van der Waals surface area contributed by atoms with Crippen molar-refractivity contribution in [3.05, 3.63) is 0 Å². The number of hydrogen-bond donors (Lipinski definition) is 0. The summed E-state index contributed by atoms with van der Waals surface area (Å²) in [5.74, 6) is 6.60. The first-order valence-electron chi connectivity index (χ1n) is 14.8. The van der Waals surface area contributed by atoms with Crippen LogP contribution in [0.4, 0.5) is 0 Å². The summed E-state index contributed by atoms with van der Waals surface area (Å²) in [6, 6.07) is 0. The van der Waals surface area contributed by atoms with Gasteiger partial charge in [0.15, 0.2) is 0 Å². The van der Waals surface area contributed by atoms with Gasteiger partial charge in [0.25, 0.3) is 0 Å². The van der Waals surface area contributed by atoms with Crippen LogP contribution in [0, 0.1) is 35.5 Å². The maximum Gasteiger partial charge on any atom is -0.0383 e. The van der Waals surface area contributed by atoms with E-state index < -0.39 is 0 Å². The normalized spacial score (nSPS) is 35.4. The van der Waals surface area contributed by atoms with Gasteiger partial charge in [-0.15, -0.1) is 0 Å². The largest absolute Gasteiger partial charge is 0.0654 e. The molecule has 3 fully saturated rings. The van der Waals surface area contributed by atoms with Gasteiger partial charge >= 0.3 is 0 Å². The van der Waals surface area contributed by atoms with E-state index in [1.165, 1.54) is 57.8 Å². The summed E-state index contributed by atoms with van der Waals surface area (Å²) in [5, 5.41) is 0. The molecule has 3 aliphatic rings. The van der Waals surface area contributed by atoms with Crippen LogP contribution in [0.15, 0.2) is 0 Å². The smallest absolute Gasteiger partial charge is 0.0383 e. The molecule has 3 aliphatic carbocycles. The van der Waals surface area contributed by atoms with E-state index in [1.807, 2.05) is 0 Å². The summed E-state index contributed by atoms with van der Waals surface area (Å²) in [6.07, 6.45) is 33.7. The Morgan fingerprint density at radius 3 is 1.60 bits per heavy atom. The van der Waals surface area contributed by atoms with Crippen LogP contribution in [0.25, 0.3) is 0 Å². The van der Waals surface area contributed by atoms with Gasteiger partial charge in [0.05, 0.1) is 0 Å². The lowest BCUT2D eigenvalue weighted by Crippen LogP contribution is -2.30. The molecular weight excluding hydrogens is 360 g/mol. The highest BCUT2D eigenvalue weighted by Crippen LogP contribution is 2.47. The molecule has 0 aromatic heterocycles. The van der Waals surface area contributed by atoms with Crippen molar-refractivity contribution >= 4 is 0 Å². The molecule has 0 nitrogen and oxygen atoms in total. The van der Waals surface area contributed by atoms with Crippen LogP contribution in [0.2, 0.25) is 0 Å². The SMILES string of the molecule is CCCCCCC[C@H]1CCC[C@@H](C2CCC([C@H]3CC[C@H](CCCCC)CC3)CC2)C1. The van der Waals surface area contributed by atoms with Gasteiger partial charge in [-0.3, -0.25) is 0 Å².